The number of anilines is 1. The molecule has 0 spiro atoms. The van der Waals surface area contributed by atoms with E-state index in [0.29, 0.717) is 0 Å². The van der Waals surface area contributed by atoms with E-state index in [9.17, 15) is 9.90 Å². The molecule has 0 saturated carbocycles. The fraction of sp³-hybridized carbons (Fsp3) is 0.462. The Labute approximate surface area is 110 Å². The quantitative estimate of drug-likeness (QED) is 0.912. The van der Waals surface area contributed by atoms with Crippen molar-refractivity contribution in [2.24, 2.45) is 5.41 Å². The van der Waals surface area contributed by atoms with Crippen molar-refractivity contribution in [1.82, 2.24) is 0 Å². The van der Waals surface area contributed by atoms with Crippen LogP contribution in [0.2, 0.25) is 0 Å². The Hall–Kier alpha value is -1.03. The predicted octanol–water partition coefficient (Wildman–Crippen LogP) is 3.09. The van der Waals surface area contributed by atoms with Crippen LogP contribution in [-0.2, 0) is 4.79 Å². The van der Waals surface area contributed by atoms with E-state index < -0.39 is 11.4 Å². The summed E-state index contributed by atoms with van der Waals surface area (Å²) in [6.07, 6.45) is 0. The molecule has 17 heavy (non-hydrogen) atoms. The van der Waals surface area contributed by atoms with Crippen LogP contribution in [0.15, 0.2) is 22.7 Å². The lowest BCUT2D eigenvalue weighted by atomic mass is 9.76. The molecule has 0 fully saturated rings. The maximum Gasteiger partial charge on any atom is 0.309 e. The summed E-state index contributed by atoms with van der Waals surface area (Å²) >= 11 is 3.54. The van der Waals surface area contributed by atoms with Crippen molar-refractivity contribution < 1.29 is 9.90 Å². The number of halogens is 1. The first kappa shape index (κ1) is 12.4. The second-order valence-electron chi connectivity index (χ2n) is 5.13. The first-order chi connectivity index (χ1) is 7.85. The zero-order chi connectivity index (χ0) is 12.8. The van der Waals surface area contributed by atoms with Gasteiger partial charge < -0.3 is 10.0 Å². The van der Waals surface area contributed by atoms with Crippen LogP contribution in [0.25, 0.3) is 0 Å². The Morgan fingerprint density at radius 1 is 1.53 bits per heavy atom. The molecular weight excluding hydrogens is 282 g/mol. The molecule has 1 aromatic rings. The molecule has 1 heterocycles. The van der Waals surface area contributed by atoms with Gasteiger partial charge in [0.05, 0.1) is 5.41 Å². The van der Waals surface area contributed by atoms with Gasteiger partial charge in [0.25, 0.3) is 0 Å². The summed E-state index contributed by atoms with van der Waals surface area (Å²) in [7, 11) is 2.00. The predicted molar refractivity (Wildman–Crippen MR) is 71.6 cm³/mol. The second-order valence-corrected chi connectivity index (χ2v) is 5.99. The summed E-state index contributed by atoms with van der Waals surface area (Å²) in [6, 6.07) is 6.00. The van der Waals surface area contributed by atoms with Crippen molar-refractivity contribution in [3.63, 3.8) is 0 Å². The monoisotopic (exact) mass is 297 g/mol. The van der Waals surface area contributed by atoms with Crippen LogP contribution in [0.1, 0.15) is 25.3 Å². The third-order valence-electron chi connectivity index (χ3n) is 3.67. The molecule has 0 bridgehead atoms. The molecule has 1 unspecified atom stereocenters. The van der Waals surface area contributed by atoms with E-state index in [4.69, 9.17) is 0 Å². The average Bonchev–Trinajstić information content (AvgIpc) is 2.58. The van der Waals surface area contributed by atoms with Crippen molar-refractivity contribution in [2.75, 3.05) is 18.5 Å². The van der Waals surface area contributed by atoms with Gasteiger partial charge in [0, 0.05) is 29.7 Å². The van der Waals surface area contributed by atoms with Crippen molar-refractivity contribution in [2.45, 2.75) is 19.8 Å². The van der Waals surface area contributed by atoms with Crippen LogP contribution in [-0.4, -0.2) is 24.7 Å². The molecule has 0 radical (unpaired) electrons. The average molecular weight is 298 g/mol. The number of carboxylic acids is 1. The van der Waals surface area contributed by atoms with E-state index in [1.165, 1.54) is 0 Å². The van der Waals surface area contributed by atoms with Crippen LogP contribution in [0.5, 0.6) is 0 Å². The molecule has 1 atom stereocenters. The first-order valence-corrected chi connectivity index (χ1v) is 6.38. The highest BCUT2D eigenvalue weighted by atomic mass is 79.9. The lowest BCUT2D eigenvalue weighted by Crippen LogP contribution is -2.33. The lowest BCUT2D eigenvalue weighted by molar-refractivity contribution is -0.148. The minimum Gasteiger partial charge on any atom is -0.481 e. The topological polar surface area (TPSA) is 40.5 Å². The number of carbonyl (C=O) groups is 1. The maximum absolute atomic E-state index is 11.4. The van der Waals surface area contributed by atoms with E-state index in [1.807, 2.05) is 25.2 Å². The molecule has 92 valence electrons. The fourth-order valence-corrected chi connectivity index (χ4v) is 3.04. The fourth-order valence-electron chi connectivity index (χ4n) is 2.41. The highest BCUT2D eigenvalue weighted by Gasteiger charge is 2.43. The largest absolute Gasteiger partial charge is 0.481 e. The number of fused-ring (bicyclic) bond motifs is 1. The minimum atomic E-state index is -0.761. The van der Waals surface area contributed by atoms with E-state index in [-0.39, 0.29) is 5.92 Å². The standard InChI is InChI=1S/C13H16BrNO2/c1-13(2,12(16)17)8-7-15(3)10-6-4-5-9(14)11(8)10/h4-6,8H,7H2,1-3H3,(H,16,17). The molecule has 0 aromatic heterocycles. The summed E-state index contributed by atoms with van der Waals surface area (Å²) in [5, 5.41) is 9.37. The van der Waals surface area contributed by atoms with Crippen LogP contribution in [0.4, 0.5) is 5.69 Å². The maximum atomic E-state index is 11.4. The van der Waals surface area contributed by atoms with Gasteiger partial charge in [0.15, 0.2) is 0 Å². The number of likely N-dealkylation sites (N-methyl/N-ethyl adjacent to an activating group) is 1. The molecule has 3 nitrogen and oxygen atoms in total. The Morgan fingerprint density at radius 2 is 2.18 bits per heavy atom. The van der Waals surface area contributed by atoms with Gasteiger partial charge in [-0.05, 0) is 31.5 Å². The highest BCUT2D eigenvalue weighted by Crippen LogP contribution is 2.48. The normalized spacial score (nSPS) is 19.3. The number of carboxylic acid groups (broad SMARTS) is 1. The molecule has 1 aromatic carbocycles. The van der Waals surface area contributed by atoms with E-state index in [1.54, 1.807) is 13.8 Å². The van der Waals surface area contributed by atoms with Gasteiger partial charge in [-0.3, -0.25) is 4.79 Å². The van der Waals surface area contributed by atoms with Gasteiger partial charge in [0.1, 0.15) is 0 Å². The van der Waals surface area contributed by atoms with Crippen molar-refractivity contribution in [1.29, 1.82) is 0 Å². The van der Waals surface area contributed by atoms with Crippen molar-refractivity contribution >= 4 is 27.6 Å². The van der Waals surface area contributed by atoms with E-state index in [2.05, 4.69) is 20.8 Å². The van der Waals surface area contributed by atoms with Crippen molar-refractivity contribution in [3.8, 4) is 0 Å². The third kappa shape index (κ3) is 1.84. The Kier molecular flexibility index (Phi) is 2.94. The molecule has 1 aliphatic rings. The number of aliphatic carboxylic acids is 1. The number of benzene rings is 1. The van der Waals surface area contributed by atoms with Crippen LogP contribution in [0.3, 0.4) is 0 Å². The van der Waals surface area contributed by atoms with Gasteiger partial charge in [-0.1, -0.05) is 22.0 Å². The Balaban J connectivity index is 2.54. The molecule has 2 rings (SSSR count). The Bertz CT molecular complexity index is 470. The molecule has 1 N–H and O–H groups in total. The smallest absolute Gasteiger partial charge is 0.309 e. The lowest BCUT2D eigenvalue weighted by Gasteiger charge is -2.27. The zero-order valence-electron chi connectivity index (χ0n) is 10.2. The number of hydrogen-bond acceptors (Lipinski definition) is 2. The molecule has 0 saturated heterocycles. The molecule has 4 heteroatoms. The van der Waals surface area contributed by atoms with Gasteiger partial charge in [-0.2, -0.15) is 0 Å². The van der Waals surface area contributed by atoms with Gasteiger partial charge in [-0.25, -0.2) is 0 Å². The summed E-state index contributed by atoms with van der Waals surface area (Å²) in [5.74, 6) is -0.741. The van der Waals surface area contributed by atoms with E-state index in [0.717, 1.165) is 22.3 Å². The van der Waals surface area contributed by atoms with Gasteiger partial charge >= 0.3 is 5.97 Å². The summed E-state index contributed by atoms with van der Waals surface area (Å²) in [5.41, 5.74) is 1.48. The first-order valence-electron chi connectivity index (χ1n) is 5.58. The van der Waals surface area contributed by atoms with Gasteiger partial charge in [0.2, 0.25) is 0 Å². The van der Waals surface area contributed by atoms with Crippen molar-refractivity contribution in [3.05, 3.63) is 28.2 Å². The number of hydrogen-bond donors (Lipinski definition) is 1. The summed E-state index contributed by atoms with van der Waals surface area (Å²) in [4.78, 5) is 13.5. The third-order valence-corrected chi connectivity index (χ3v) is 4.36. The molecule has 0 amide bonds. The molecular formula is C13H16BrNO2. The SMILES string of the molecule is CN1CC(C(C)(C)C(=O)O)c2c(Br)cccc21. The van der Waals surface area contributed by atoms with E-state index >= 15 is 0 Å². The molecule has 0 aliphatic carbocycles. The Morgan fingerprint density at radius 3 is 2.76 bits per heavy atom. The second kappa shape index (κ2) is 4.02. The number of rotatable bonds is 2. The minimum absolute atomic E-state index is 0.00979. The van der Waals surface area contributed by atoms with Gasteiger partial charge in [-0.15, -0.1) is 0 Å². The van der Waals surface area contributed by atoms with Crippen LogP contribution in [0, 0.1) is 5.41 Å². The molecule has 1 aliphatic heterocycles. The summed E-state index contributed by atoms with van der Waals surface area (Å²) < 4.78 is 0.999. The van der Waals surface area contributed by atoms with Crippen LogP contribution >= 0.6 is 15.9 Å². The number of nitrogens with zero attached hydrogens (tertiary/aromatic N) is 1. The highest BCUT2D eigenvalue weighted by molar-refractivity contribution is 9.10. The summed E-state index contributed by atoms with van der Waals surface area (Å²) in [6.45, 7) is 4.34. The zero-order valence-corrected chi connectivity index (χ0v) is 11.8. The van der Waals surface area contributed by atoms with Crippen LogP contribution < -0.4 is 4.90 Å².